The molecule has 1 aromatic rings. The smallest absolute Gasteiger partial charge is 0.337 e. The highest BCUT2D eigenvalue weighted by molar-refractivity contribution is 9.10. The third-order valence-electron chi connectivity index (χ3n) is 1.32. The Hall–Kier alpha value is -0.740. The molecule has 0 heterocycles. The Balaban J connectivity index is 3.17. The lowest BCUT2D eigenvalue weighted by atomic mass is 10.2. The van der Waals surface area contributed by atoms with Gasteiger partial charge >= 0.3 is 5.97 Å². The van der Waals surface area contributed by atoms with E-state index in [0.717, 1.165) is 3.45 Å². The van der Waals surface area contributed by atoms with Crippen molar-refractivity contribution in [2.24, 2.45) is 0 Å². The number of carboxylic acid groups (broad SMARTS) is 1. The Morgan fingerprint density at radius 3 is 2.50 bits per heavy atom. The average molecular weight is 250 g/mol. The van der Waals surface area contributed by atoms with Crippen molar-refractivity contribution in [3.63, 3.8) is 0 Å². The third kappa shape index (κ3) is 1.89. The van der Waals surface area contributed by atoms with E-state index >= 15 is 0 Å². The third-order valence-corrected chi connectivity index (χ3v) is 1.88. The van der Waals surface area contributed by atoms with E-state index in [-0.39, 0.29) is 5.56 Å². The predicted octanol–water partition coefficient (Wildman–Crippen LogP) is 2.65. The monoisotopic (exact) mass is 249 g/mol. The Morgan fingerprint density at radius 2 is 2.08 bits per heavy atom. The average Bonchev–Trinajstić information content (AvgIpc) is 2.04. The molecule has 1 aromatic carbocycles. The standard InChI is InChI=1S/C7H5BrClNO2/c8-10(9)6-4-2-1-3-5(6)7(11)12/h1-4H,(H,11,12). The highest BCUT2D eigenvalue weighted by Crippen LogP contribution is 2.24. The van der Waals surface area contributed by atoms with Crippen molar-refractivity contribution < 1.29 is 9.90 Å². The van der Waals surface area contributed by atoms with Crippen LogP contribution < -0.4 is 3.45 Å². The Kier molecular flexibility index (Phi) is 2.94. The SMILES string of the molecule is O=C(O)c1ccccc1N(Cl)Br. The lowest BCUT2D eigenvalue weighted by Crippen LogP contribution is -2.03. The van der Waals surface area contributed by atoms with E-state index < -0.39 is 5.97 Å². The number of hydrogen-bond acceptors (Lipinski definition) is 2. The van der Waals surface area contributed by atoms with Crippen LogP contribution in [0.15, 0.2) is 24.3 Å². The number of anilines is 1. The summed E-state index contributed by atoms with van der Waals surface area (Å²) in [5, 5.41) is 8.71. The van der Waals surface area contributed by atoms with E-state index in [4.69, 9.17) is 16.9 Å². The van der Waals surface area contributed by atoms with Gasteiger partial charge in [0.25, 0.3) is 0 Å². The summed E-state index contributed by atoms with van der Waals surface area (Å²) in [4.78, 5) is 10.6. The summed E-state index contributed by atoms with van der Waals surface area (Å²) in [7, 11) is 0. The van der Waals surface area contributed by atoms with Crippen LogP contribution in [0.2, 0.25) is 0 Å². The van der Waals surface area contributed by atoms with Gasteiger partial charge < -0.3 is 5.11 Å². The van der Waals surface area contributed by atoms with Gasteiger partial charge in [-0.05, 0) is 12.1 Å². The van der Waals surface area contributed by atoms with Crippen LogP contribution in [0.1, 0.15) is 10.4 Å². The minimum Gasteiger partial charge on any atom is -0.478 e. The summed E-state index contributed by atoms with van der Waals surface area (Å²) in [6.07, 6.45) is 0. The molecule has 0 aliphatic carbocycles. The van der Waals surface area contributed by atoms with Crippen molar-refractivity contribution in [2.75, 3.05) is 3.45 Å². The van der Waals surface area contributed by atoms with Crippen LogP contribution in [0.3, 0.4) is 0 Å². The second kappa shape index (κ2) is 3.78. The number of halogens is 2. The van der Waals surface area contributed by atoms with Gasteiger partial charge in [-0.15, -0.1) is 0 Å². The maximum Gasteiger partial charge on any atom is 0.337 e. The number of para-hydroxylation sites is 1. The number of aromatic carboxylic acids is 1. The zero-order chi connectivity index (χ0) is 9.14. The van der Waals surface area contributed by atoms with Crippen molar-refractivity contribution in [2.45, 2.75) is 0 Å². The number of carboxylic acids is 1. The van der Waals surface area contributed by atoms with Crippen LogP contribution in [0.25, 0.3) is 0 Å². The lowest BCUT2D eigenvalue weighted by Gasteiger charge is -2.08. The lowest BCUT2D eigenvalue weighted by molar-refractivity contribution is 0.0698. The minimum atomic E-state index is -1.00. The van der Waals surface area contributed by atoms with E-state index in [9.17, 15) is 4.79 Å². The zero-order valence-corrected chi connectivity index (χ0v) is 8.21. The normalized spacial score (nSPS) is 9.50. The molecule has 12 heavy (non-hydrogen) atoms. The molecule has 0 aliphatic rings. The second-order valence-corrected chi connectivity index (χ2v) is 3.51. The number of rotatable bonds is 2. The molecule has 5 heteroatoms. The van der Waals surface area contributed by atoms with Crippen molar-refractivity contribution in [1.29, 1.82) is 0 Å². The van der Waals surface area contributed by atoms with Gasteiger partial charge in [0.1, 0.15) is 0 Å². The fraction of sp³-hybridized carbons (Fsp3) is 0. The van der Waals surface area contributed by atoms with Crippen LogP contribution in [-0.2, 0) is 0 Å². The molecule has 1 rings (SSSR count). The molecule has 0 radical (unpaired) electrons. The summed E-state index contributed by atoms with van der Waals surface area (Å²) in [5.41, 5.74) is 0.566. The number of hydrogen-bond donors (Lipinski definition) is 1. The van der Waals surface area contributed by atoms with Crippen molar-refractivity contribution in [1.82, 2.24) is 0 Å². The molecular weight excluding hydrogens is 245 g/mol. The van der Waals surface area contributed by atoms with Gasteiger partial charge in [0.2, 0.25) is 0 Å². The van der Waals surface area contributed by atoms with Crippen LogP contribution in [0.5, 0.6) is 0 Å². The molecule has 0 aromatic heterocycles. The predicted molar refractivity (Wildman–Crippen MR) is 50.7 cm³/mol. The molecule has 0 aliphatic heterocycles. The van der Waals surface area contributed by atoms with Gasteiger partial charge in [-0.1, -0.05) is 12.1 Å². The van der Waals surface area contributed by atoms with E-state index in [2.05, 4.69) is 16.1 Å². The first-order valence-corrected chi connectivity index (χ1v) is 4.11. The number of benzene rings is 1. The molecule has 0 saturated carbocycles. The second-order valence-electron chi connectivity index (χ2n) is 2.06. The Morgan fingerprint density at radius 1 is 1.50 bits per heavy atom. The van der Waals surface area contributed by atoms with Crippen LogP contribution in [0.4, 0.5) is 5.69 Å². The van der Waals surface area contributed by atoms with Gasteiger partial charge in [0.05, 0.1) is 27.4 Å². The van der Waals surface area contributed by atoms with Crippen molar-refractivity contribution in [3.05, 3.63) is 29.8 Å². The quantitative estimate of drug-likeness (QED) is 0.820. The van der Waals surface area contributed by atoms with Crippen molar-refractivity contribution in [3.8, 4) is 0 Å². The Bertz CT molecular complexity index is 303. The van der Waals surface area contributed by atoms with Gasteiger partial charge in [-0.3, -0.25) is 0 Å². The molecular formula is C7H5BrClNO2. The highest BCUT2D eigenvalue weighted by Gasteiger charge is 2.11. The molecule has 0 fully saturated rings. The number of nitrogens with zero attached hydrogens (tertiary/aromatic N) is 1. The zero-order valence-electron chi connectivity index (χ0n) is 5.87. The molecule has 1 N–H and O–H groups in total. The largest absolute Gasteiger partial charge is 0.478 e. The summed E-state index contributed by atoms with van der Waals surface area (Å²) in [6.45, 7) is 0. The molecule has 0 bridgehead atoms. The summed E-state index contributed by atoms with van der Waals surface area (Å²) >= 11 is 8.48. The fourth-order valence-corrected chi connectivity index (χ4v) is 1.26. The van der Waals surface area contributed by atoms with Gasteiger partial charge in [0.15, 0.2) is 0 Å². The molecule has 64 valence electrons. The maximum atomic E-state index is 10.6. The fourth-order valence-electron chi connectivity index (χ4n) is 0.802. The van der Waals surface area contributed by atoms with Gasteiger partial charge in [-0.25, -0.2) is 8.24 Å². The first-order valence-electron chi connectivity index (χ1n) is 3.07. The van der Waals surface area contributed by atoms with Gasteiger partial charge in [-0.2, -0.15) is 0 Å². The Labute approximate surface area is 83.0 Å². The minimum absolute atomic E-state index is 0.157. The summed E-state index contributed by atoms with van der Waals surface area (Å²) in [5.74, 6) is -1.00. The molecule has 0 atom stereocenters. The van der Waals surface area contributed by atoms with E-state index in [1.54, 1.807) is 18.2 Å². The molecule has 0 spiro atoms. The summed E-state index contributed by atoms with van der Waals surface area (Å²) < 4.78 is 1.07. The topological polar surface area (TPSA) is 40.5 Å². The maximum absolute atomic E-state index is 10.6. The molecule has 0 unspecified atom stereocenters. The molecule has 0 amide bonds. The molecule has 0 saturated heterocycles. The van der Waals surface area contributed by atoms with Gasteiger partial charge in [0, 0.05) is 11.8 Å². The highest BCUT2D eigenvalue weighted by atomic mass is 79.9. The van der Waals surface area contributed by atoms with Crippen molar-refractivity contribution >= 4 is 39.6 Å². The van der Waals surface area contributed by atoms with Crippen LogP contribution in [-0.4, -0.2) is 11.1 Å². The van der Waals surface area contributed by atoms with E-state index in [1.807, 2.05) is 0 Å². The first kappa shape index (κ1) is 9.35. The van der Waals surface area contributed by atoms with E-state index in [1.165, 1.54) is 6.07 Å². The van der Waals surface area contributed by atoms with E-state index in [0.29, 0.717) is 5.69 Å². The van der Waals surface area contributed by atoms with Crippen LogP contribution >= 0.6 is 27.9 Å². The van der Waals surface area contributed by atoms with Crippen LogP contribution in [0, 0.1) is 0 Å². The molecule has 3 nitrogen and oxygen atoms in total. The summed E-state index contributed by atoms with van der Waals surface area (Å²) in [6, 6.07) is 6.43. The first-order chi connectivity index (χ1) is 5.63. The number of carbonyl (C=O) groups is 1.